The van der Waals surface area contributed by atoms with Gasteiger partial charge in [0.05, 0.1) is 13.1 Å². The molecular formula is C21H23N3O4. The molecule has 0 saturated carbocycles. The van der Waals surface area contributed by atoms with Crippen molar-refractivity contribution in [1.82, 2.24) is 15.2 Å². The van der Waals surface area contributed by atoms with Crippen molar-refractivity contribution in [1.29, 1.82) is 0 Å². The fourth-order valence-electron chi connectivity index (χ4n) is 4.07. The molecule has 0 radical (unpaired) electrons. The van der Waals surface area contributed by atoms with Crippen molar-refractivity contribution >= 4 is 11.8 Å². The highest BCUT2D eigenvalue weighted by molar-refractivity contribution is 5.95. The smallest absolute Gasteiger partial charge is 0.254 e. The zero-order chi connectivity index (χ0) is 19.6. The number of aromatic nitrogens is 1. The van der Waals surface area contributed by atoms with E-state index in [1.165, 1.54) is 6.07 Å². The number of aromatic hydroxyl groups is 1. The number of phenolic OH excluding ortho intramolecular Hbond substituents is 1. The molecule has 2 aliphatic rings. The van der Waals surface area contributed by atoms with Gasteiger partial charge in [0.1, 0.15) is 11.4 Å². The molecule has 7 nitrogen and oxygen atoms in total. The molecule has 2 amide bonds. The summed E-state index contributed by atoms with van der Waals surface area (Å²) in [6, 6.07) is 9.77. The molecule has 2 N–H and O–H groups in total. The van der Waals surface area contributed by atoms with Crippen LogP contribution in [0.4, 0.5) is 0 Å². The van der Waals surface area contributed by atoms with Gasteiger partial charge < -0.3 is 20.1 Å². The van der Waals surface area contributed by atoms with E-state index in [0.29, 0.717) is 43.3 Å². The van der Waals surface area contributed by atoms with Crippen molar-refractivity contribution < 1.29 is 19.4 Å². The molecule has 2 aromatic rings. The molecule has 1 aromatic carbocycles. The predicted octanol–water partition coefficient (Wildman–Crippen LogP) is 1.84. The average molecular weight is 381 g/mol. The van der Waals surface area contributed by atoms with Gasteiger partial charge in [-0.2, -0.15) is 0 Å². The highest BCUT2D eigenvalue weighted by Gasteiger charge is 2.54. The number of phenols is 1. The Morgan fingerprint density at radius 3 is 2.75 bits per heavy atom. The average Bonchev–Trinajstić information content (AvgIpc) is 3.11. The summed E-state index contributed by atoms with van der Waals surface area (Å²) in [4.78, 5) is 30.4. The number of nitrogens with zero attached hydrogens (tertiary/aromatic N) is 2. The highest BCUT2D eigenvalue weighted by Crippen LogP contribution is 2.42. The summed E-state index contributed by atoms with van der Waals surface area (Å²) < 4.78 is 6.01. The third-order valence-corrected chi connectivity index (χ3v) is 5.62. The largest absolute Gasteiger partial charge is 0.508 e. The first kappa shape index (κ1) is 18.4. The van der Waals surface area contributed by atoms with Gasteiger partial charge in [0.2, 0.25) is 0 Å². The van der Waals surface area contributed by atoms with Gasteiger partial charge in [-0.15, -0.1) is 0 Å². The van der Waals surface area contributed by atoms with Gasteiger partial charge in [-0.05, 0) is 49.1 Å². The van der Waals surface area contributed by atoms with Gasteiger partial charge in [-0.25, -0.2) is 0 Å². The van der Waals surface area contributed by atoms with E-state index >= 15 is 0 Å². The Hall–Kier alpha value is -2.93. The van der Waals surface area contributed by atoms with Crippen LogP contribution in [-0.4, -0.2) is 58.6 Å². The zero-order valence-electron chi connectivity index (χ0n) is 15.5. The number of hydrogen-bond donors (Lipinski definition) is 2. The van der Waals surface area contributed by atoms with Crippen molar-refractivity contribution in [3.8, 4) is 5.75 Å². The van der Waals surface area contributed by atoms with Crippen molar-refractivity contribution in [2.45, 2.75) is 18.4 Å². The third kappa shape index (κ3) is 3.57. The second-order valence-corrected chi connectivity index (χ2v) is 7.39. The summed E-state index contributed by atoms with van der Waals surface area (Å²) in [6.45, 7) is 2.34. The maximum atomic E-state index is 12.6. The number of amides is 2. The molecule has 2 fully saturated rings. The molecule has 4 rings (SSSR count). The standard InChI is InChI=1S/C21H23N3O4/c25-18-3-1-2-16(12-18)20(27)24-13-21(14-24)17(7-11-28-21)6-10-23-19(26)15-4-8-22-9-5-15/h1-5,8-9,12,17,25H,6-7,10-11,13-14H2,(H,23,26). The lowest BCUT2D eigenvalue weighted by atomic mass is 9.78. The minimum atomic E-state index is -0.312. The van der Waals surface area contributed by atoms with Crippen LogP contribution in [0, 0.1) is 5.92 Å². The lowest BCUT2D eigenvalue weighted by molar-refractivity contribution is -0.117. The van der Waals surface area contributed by atoms with Crippen molar-refractivity contribution in [3.63, 3.8) is 0 Å². The second kappa shape index (κ2) is 7.59. The number of pyridine rings is 1. The van der Waals surface area contributed by atoms with Crippen molar-refractivity contribution in [2.24, 2.45) is 5.92 Å². The molecule has 3 heterocycles. The second-order valence-electron chi connectivity index (χ2n) is 7.39. The van der Waals surface area contributed by atoms with E-state index in [2.05, 4.69) is 10.3 Å². The normalized spacial score (nSPS) is 20.0. The SMILES string of the molecule is O=C(NCCC1CCOC12CN(C(=O)c1cccc(O)c1)C2)c1ccncc1. The number of carbonyl (C=O) groups excluding carboxylic acids is 2. The first-order valence-electron chi connectivity index (χ1n) is 9.48. The van der Waals surface area contributed by atoms with Crippen LogP contribution in [0.3, 0.4) is 0 Å². The Kier molecular flexibility index (Phi) is 5.00. The highest BCUT2D eigenvalue weighted by atomic mass is 16.5. The van der Waals surface area contributed by atoms with Crippen LogP contribution < -0.4 is 5.32 Å². The summed E-state index contributed by atoms with van der Waals surface area (Å²) in [7, 11) is 0. The van der Waals surface area contributed by atoms with Gasteiger partial charge in [0, 0.05) is 36.7 Å². The number of rotatable bonds is 5. The molecule has 2 saturated heterocycles. The fraction of sp³-hybridized carbons (Fsp3) is 0.381. The van der Waals surface area contributed by atoms with E-state index in [1.54, 1.807) is 47.6 Å². The Labute approximate surface area is 163 Å². The minimum absolute atomic E-state index is 0.0843. The Morgan fingerprint density at radius 1 is 1.21 bits per heavy atom. The van der Waals surface area contributed by atoms with E-state index in [0.717, 1.165) is 12.8 Å². The predicted molar refractivity (Wildman–Crippen MR) is 102 cm³/mol. The van der Waals surface area contributed by atoms with Gasteiger partial charge in [-0.3, -0.25) is 14.6 Å². The quantitative estimate of drug-likeness (QED) is 0.825. The van der Waals surface area contributed by atoms with Crippen LogP contribution in [0.15, 0.2) is 48.8 Å². The Morgan fingerprint density at radius 2 is 2.00 bits per heavy atom. The maximum absolute atomic E-state index is 12.6. The summed E-state index contributed by atoms with van der Waals surface area (Å²) in [5, 5.41) is 12.5. The molecule has 28 heavy (non-hydrogen) atoms. The molecule has 0 bridgehead atoms. The Balaban J connectivity index is 1.30. The van der Waals surface area contributed by atoms with Gasteiger partial charge in [-0.1, -0.05) is 6.07 Å². The summed E-state index contributed by atoms with van der Waals surface area (Å²) in [5.74, 6) is 0.186. The molecule has 146 valence electrons. The number of ether oxygens (including phenoxy) is 1. The van der Waals surface area contributed by atoms with E-state index < -0.39 is 0 Å². The maximum Gasteiger partial charge on any atom is 0.254 e. The van der Waals surface area contributed by atoms with E-state index in [4.69, 9.17) is 4.74 Å². The summed E-state index contributed by atoms with van der Waals surface area (Å²) in [5.41, 5.74) is 0.765. The molecule has 2 aliphatic heterocycles. The monoisotopic (exact) mass is 381 g/mol. The topological polar surface area (TPSA) is 91.8 Å². The zero-order valence-corrected chi connectivity index (χ0v) is 15.5. The lowest BCUT2D eigenvalue weighted by Crippen LogP contribution is -2.66. The molecule has 0 aliphatic carbocycles. The molecule has 1 spiro atoms. The molecule has 7 heteroatoms. The Bertz CT molecular complexity index is 865. The van der Waals surface area contributed by atoms with Crippen LogP contribution in [0.5, 0.6) is 5.75 Å². The van der Waals surface area contributed by atoms with Gasteiger partial charge in [0.15, 0.2) is 0 Å². The van der Waals surface area contributed by atoms with E-state index in [-0.39, 0.29) is 23.2 Å². The third-order valence-electron chi connectivity index (χ3n) is 5.62. The minimum Gasteiger partial charge on any atom is -0.508 e. The van der Waals surface area contributed by atoms with Crippen LogP contribution >= 0.6 is 0 Å². The molecular weight excluding hydrogens is 358 g/mol. The summed E-state index contributed by atoms with van der Waals surface area (Å²) in [6.07, 6.45) is 4.94. The number of benzene rings is 1. The number of hydrogen-bond acceptors (Lipinski definition) is 5. The van der Waals surface area contributed by atoms with Crippen LogP contribution in [-0.2, 0) is 4.74 Å². The summed E-state index contributed by atoms with van der Waals surface area (Å²) >= 11 is 0. The lowest BCUT2D eigenvalue weighted by Gasteiger charge is -2.50. The van der Waals surface area contributed by atoms with Crippen LogP contribution in [0.25, 0.3) is 0 Å². The first-order chi connectivity index (χ1) is 13.6. The number of nitrogens with one attached hydrogen (secondary N) is 1. The number of carbonyl (C=O) groups is 2. The molecule has 1 unspecified atom stereocenters. The van der Waals surface area contributed by atoms with E-state index in [9.17, 15) is 14.7 Å². The first-order valence-corrected chi connectivity index (χ1v) is 9.48. The fourth-order valence-corrected chi connectivity index (χ4v) is 4.07. The molecule has 1 aromatic heterocycles. The van der Waals surface area contributed by atoms with Gasteiger partial charge >= 0.3 is 0 Å². The van der Waals surface area contributed by atoms with E-state index in [1.807, 2.05) is 0 Å². The molecule has 1 atom stereocenters. The van der Waals surface area contributed by atoms with Crippen LogP contribution in [0.2, 0.25) is 0 Å². The van der Waals surface area contributed by atoms with Gasteiger partial charge in [0.25, 0.3) is 11.8 Å². The number of likely N-dealkylation sites (tertiary alicyclic amines) is 1. The van der Waals surface area contributed by atoms with Crippen molar-refractivity contribution in [3.05, 3.63) is 59.9 Å². The van der Waals surface area contributed by atoms with Crippen molar-refractivity contribution in [2.75, 3.05) is 26.2 Å². The van der Waals surface area contributed by atoms with Crippen LogP contribution in [0.1, 0.15) is 33.6 Å².